The molecule has 1 aromatic heterocycles. The SMILES string of the molecule is Cc1c([C@H]2N[C@H](C(=O)O)CS2)c2ccccc2n1C. The minimum absolute atomic E-state index is 0.0622. The van der Waals surface area contributed by atoms with Crippen molar-refractivity contribution in [1.29, 1.82) is 0 Å². The van der Waals surface area contributed by atoms with Gasteiger partial charge in [-0.25, -0.2) is 0 Å². The van der Waals surface area contributed by atoms with E-state index in [1.165, 1.54) is 22.2 Å². The molecule has 0 radical (unpaired) electrons. The molecule has 0 unspecified atom stereocenters. The van der Waals surface area contributed by atoms with Crippen LogP contribution in [0.3, 0.4) is 0 Å². The molecule has 2 N–H and O–H groups in total. The van der Waals surface area contributed by atoms with Crippen LogP contribution < -0.4 is 5.32 Å². The van der Waals surface area contributed by atoms with Crippen LogP contribution in [0.25, 0.3) is 10.9 Å². The summed E-state index contributed by atoms with van der Waals surface area (Å²) in [6, 6.07) is 7.81. The van der Waals surface area contributed by atoms with Crippen LogP contribution in [0.4, 0.5) is 0 Å². The van der Waals surface area contributed by atoms with Crippen LogP contribution in [-0.2, 0) is 11.8 Å². The topological polar surface area (TPSA) is 54.3 Å². The zero-order valence-electron chi connectivity index (χ0n) is 10.9. The fourth-order valence-electron chi connectivity index (χ4n) is 2.66. The van der Waals surface area contributed by atoms with Crippen LogP contribution in [-0.4, -0.2) is 27.4 Å². The van der Waals surface area contributed by atoms with Gasteiger partial charge in [0.15, 0.2) is 0 Å². The Labute approximate surface area is 115 Å². The van der Waals surface area contributed by atoms with Crippen LogP contribution >= 0.6 is 11.8 Å². The van der Waals surface area contributed by atoms with Crippen molar-refractivity contribution in [2.45, 2.75) is 18.3 Å². The van der Waals surface area contributed by atoms with Gasteiger partial charge in [-0.1, -0.05) is 18.2 Å². The van der Waals surface area contributed by atoms with E-state index >= 15 is 0 Å². The molecule has 4 nitrogen and oxygen atoms in total. The van der Waals surface area contributed by atoms with Crippen LogP contribution in [0.15, 0.2) is 24.3 Å². The van der Waals surface area contributed by atoms with Gasteiger partial charge in [0.25, 0.3) is 0 Å². The number of nitrogens with one attached hydrogen (secondary N) is 1. The van der Waals surface area contributed by atoms with Crippen molar-refractivity contribution in [3.8, 4) is 0 Å². The molecule has 0 saturated carbocycles. The van der Waals surface area contributed by atoms with Crippen LogP contribution in [0, 0.1) is 6.92 Å². The number of aliphatic carboxylic acids is 1. The molecule has 1 fully saturated rings. The lowest BCUT2D eigenvalue weighted by Gasteiger charge is -2.12. The van der Waals surface area contributed by atoms with Gasteiger partial charge in [-0.15, -0.1) is 11.8 Å². The molecule has 100 valence electrons. The second-order valence-electron chi connectivity index (χ2n) is 4.85. The molecular weight excluding hydrogens is 260 g/mol. The zero-order chi connectivity index (χ0) is 13.6. The van der Waals surface area contributed by atoms with Crippen molar-refractivity contribution in [2.24, 2.45) is 7.05 Å². The third-order valence-corrected chi connectivity index (χ3v) is 5.02. The third kappa shape index (κ3) is 1.93. The summed E-state index contributed by atoms with van der Waals surface area (Å²) >= 11 is 1.67. The summed E-state index contributed by atoms with van der Waals surface area (Å²) in [5.74, 6) is -0.157. The smallest absolute Gasteiger partial charge is 0.321 e. The predicted molar refractivity (Wildman–Crippen MR) is 77.4 cm³/mol. The maximum atomic E-state index is 11.1. The Hall–Kier alpha value is -1.46. The van der Waals surface area contributed by atoms with Crippen molar-refractivity contribution < 1.29 is 9.90 Å². The van der Waals surface area contributed by atoms with Crippen LogP contribution in [0.1, 0.15) is 16.6 Å². The lowest BCUT2D eigenvalue weighted by Crippen LogP contribution is -2.33. The van der Waals surface area contributed by atoms with Gasteiger partial charge >= 0.3 is 5.97 Å². The predicted octanol–water partition coefficient (Wildman–Crippen LogP) is 2.27. The minimum Gasteiger partial charge on any atom is -0.480 e. The highest BCUT2D eigenvalue weighted by atomic mass is 32.2. The van der Waals surface area contributed by atoms with Gasteiger partial charge in [-0.3, -0.25) is 10.1 Å². The number of hydrogen-bond donors (Lipinski definition) is 2. The monoisotopic (exact) mass is 276 g/mol. The molecule has 1 aliphatic heterocycles. The first kappa shape index (κ1) is 12.6. The first-order valence-electron chi connectivity index (χ1n) is 6.24. The number of rotatable bonds is 2. The summed E-state index contributed by atoms with van der Waals surface area (Å²) in [4.78, 5) is 11.1. The fraction of sp³-hybridized carbons (Fsp3) is 0.357. The average molecular weight is 276 g/mol. The fourth-order valence-corrected chi connectivity index (χ4v) is 4.01. The van der Waals surface area contributed by atoms with Crippen molar-refractivity contribution >= 4 is 28.6 Å². The molecule has 2 aromatic rings. The Morgan fingerprint density at radius 2 is 2.21 bits per heavy atom. The highest BCUT2D eigenvalue weighted by Gasteiger charge is 2.32. The van der Waals surface area contributed by atoms with Crippen molar-refractivity contribution in [1.82, 2.24) is 9.88 Å². The molecule has 0 amide bonds. The van der Waals surface area contributed by atoms with E-state index in [-0.39, 0.29) is 5.37 Å². The van der Waals surface area contributed by atoms with Gasteiger partial charge in [0.1, 0.15) is 6.04 Å². The number of benzene rings is 1. The second kappa shape index (κ2) is 4.58. The largest absolute Gasteiger partial charge is 0.480 e. The summed E-state index contributed by atoms with van der Waals surface area (Å²) in [7, 11) is 2.05. The Morgan fingerprint density at radius 3 is 2.89 bits per heavy atom. The lowest BCUT2D eigenvalue weighted by molar-refractivity contribution is -0.138. The molecule has 1 aromatic carbocycles. The van der Waals surface area contributed by atoms with Gasteiger partial charge in [0.2, 0.25) is 0 Å². The van der Waals surface area contributed by atoms with Gasteiger partial charge in [-0.2, -0.15) is 0 Å². The normalized spacial score (nSPS) is 23.1. The molecular formula is C14H16N2O2S. The van der Waals surface area contributed by atoms with E-state index < -0.39 is 12.0 Å². The highest BCUT2D eigenvalue weighted by molar-refractivity contribution is 7.99. The van der Waals surface area contributed by atoms with Crippen molar-refractivity contribution in [2.75, 3.05) is 5.75 Å². The minimum atomic E-state index is -0.770. The number of nitrogens with zero attached hydrogens (tertiary/aromatic N) is 1. The summed E-state index contributed by atoms with van der Waals surface area (Å²) in [5.41, 5.74) is 3.60. The molecule has 0 bridgehead atoms. The number of fused-ring (bicyclic) bond motifs is 1. The third-order valence-electron chi connectivity index (χ3n) is 3.79. The van der Waals surface area contributed by atoms with Gasteiger partial charge in [0.05, 0.1) is 5.37 Å². The standard InChI is InChI=1S/C14H16N2O2S/c1-8-12(13-15-10(7-19-13)14(17)18)9-5-3-4-6-11(9)16(8)2/h3-6,10,13,15H,7H2,1-2H3,(H,17,18)/t10-,13-/m0/s1. The number of para-hydroxylation sites is 1. The summed E-state index contributed by atoms with van der Waals surface area (Å²) in [5, 5.41) is 13.6. The number of hydrogen-bond acceptors (Lipinski definition) is 3. The molecule has 2 atom stereocenters. The van der Waals surface area contributed by atoms with Crippen molar-refractivity contribution in [3.05, 3.63) is 35.5 Å². The molecule has 5 heteroatoms. The molecule has 19 heavy (non-hydrogen) atoms. The number of carbonyl (C=O) groups is 1. The Morgan fingerprint density at radius 1 is 1.47 bits per heavy atom. The Balaban J connectivity index is 2.06. The molecule has 2 heterocycles. The molecule has 0 aliphatic carbocycles. The van der Waals surface area contributed by atoms with Crippen LogP contribution in [0.5, 0.6) is 0 Å². The first-order valence-corrected chi connectivity index (χ1v) is 7.29. The summed E-state index contributed by atoms with van der Waals surface area (Å²) in [6.07, 6.45) is 0. The number of carboxylic acid groups (broad SMARTS) is 1. The van der Waals surface area contributed by atoms with Crippen LogP contribution in [0.2, 0.25) is 0 Å². The maximum absolute atomic E-state index is 11.1. The van der Waals surface area contributed by atoms with Crippen molar-refractivity contribution in [3.63, 3.8) is 0 Å². The zero-order valence-corrected chi connectivity index (χ0v) is 11.7. The second-order valence-corrected chi connectivity index (χ2v) is 5.98. The summed E-state index contributed by atoms with van der Waals surface area (Å²) < 4.78 is 2.17. The molecule has 1 saturated heterocycles. The van der Waals surface area contributed by atoms with E-state index in [9.17, 15) is 4.79 Å². The van der Waals surface area contributed by atoms with Gasteiger partial charge in [-0.05, 0) is 13.0 Å². The highest BCUT2D eigenvalue weighted by Crippen LogP contribution is 2.39. The van der Waals surface area contributed by atoms with E-state index in [4.69, 9.17) is 5.11 Å². The average Bonchev–Trinajstić information content (AvgIpc) is 2.96. The maximum Gasteiger partial charge on any atom is 0.321 e. The van der Waals surface area contributed by atoms with Gasteiger partial charge < -0.3 is 9.67 Å². The molecule has 0 spiro atoms. The first-order chi connectivity index (χ1) is 9.09. The number of thioether (sulfide) groups is 1. The van der Waals surface area contributed by atoms with E-state index in [2.05, 4.69) is 36.0 Å². The van der Waals surface area contributed by atoms with E-state index in [1.807, 2.05) is 12.1 Å². The quantitative estimate of drug-likeness (QED) is 0.883. The summed E-state index contributed by atoms with van der Waals surface area (Å²) in [6.45, 7) is 2.09. The van der Waals surface area contributed by atoms with E-state index in [1.54, 1.807) is 11.8 Å². The molecule has 3 rings (SSSR count). The number of aryl methyl sites for hydroxylation is 1. The number of carboxylic acids is 1. The Bertz CT molecular complexity index is 650. The van der Waals surface area contributed by atoms with E-state index in [0.717, 1.165) is 0 Å². The Kier molecular flexibility index (Phi) is 3.03. The lowest BCUT2D eigenvalue weighted by atomic mass is 10.1. The number of aromatic nitrogens is 1. The molecule has 1 aliphatic rings. The van der Waals surface area contributed by atoms with E-state index in [0.29, 0.717) is 5.75 Å². The van der Waals surface area contributed by atoms with Gasteiger partial charge in [0, 0.05) is 35.0 Å².